The Kier molecular flexibility index (Phi) is 3.71. The lowest BCUT2D eigenvalue weighted by molar-refractivity contribution is -0.384. The Balaban J connectivity index is 2.22. The topological polar surface area (TPSA) is 60.2 Å². The van der Waals surface area contributed by atoms with Crippen LogP contribution in [0.25, 0.3) is 11.1 Å². The van der Waals surface area contributed by atoms with Crippen LogP contribution in [0.4, 0.5) is 5.69 Å². The molecule has 0 spiro atoms. The maximum absolute atomic E-state index is 11.0. The Labute approximate surface area is 110 Å². The van der Waals surface area contributed by atoms with Crippen LogP contribution in [-0.2, 0) is 11.2 Å². The molecule has 0 aliphatic carbocycles. The molecule has 0 saturated heterocycles. The first-order chi connectivity index (χ1) is 9.06. The molecule has 0 aliphatic heterocycles. The zero-order chi connectivity index (χ0) is 13.8. The van der Waals surface area contributed by atoms with Crippen LogP contribution in [0.1, 0.15) is 12.5 Å². The number of non-ortho nitro benzene ring substituents is 1. The van der Waals surface area contributed by atoms with E-state index in [-0.39, 0.29) is 11.5 Å². The van der Waals surface area contributed by atoms with Crippen LogP contribution in [-0.4, -0.2) is 10.7 Å². The van der Waals surface area contributed by atoms with Crippen LogP contribution >= 0.6 is 0 Å². The highest BCUT2D eigenvalue weighted by Gasteiger charge is 2.05. The van der Waals surface area contributed by atoms with Gasteiger partial charge in [0.2, 0.25) is 0 Å². The maximum Gasteiger partial charge on any atom is 0.269 e. The van der Waals surface area contributed by atoms with Crippen LogP contribution in [0.3, 0.4) is 0 Å². The molecule has 0 amide bonds. The van der Waals surface area contributed by atoms with Gasteiger partial charge in [0.15, 0.2) is 0 Å². The molecule has 0 aromatic heterocycles. The van der Waals surface area contributed by atoms with Gasteiger partial charge in [0.1, 0.15) is 5.78 Å². The molecule has 4 nitrogen and oxygen atoms in total. The van der Waals surface area contributed by atoms with Gasteiger partial charge in [0.05, 0.1) is 4.92 Å². The predicted octanol–water partition coefficient (Wildman–Crippen LogP) is 3.39. The second kappa shape index (κ2) is 5.44. The highest BCUT2D eigenvalue weighted by molar-refractivity contribution is 5.78. The van der Waals surface area contributed by atoms with Crippen LogP contribution in [0.5, 0.6) is 0 Å². The van der Waals surface area contributed by atoms with E-state index in [1.807, 2.05) is 24.3 Å². The van der Waals surface area contributed by atoms with Gasteiger partial charge in [-0.25, -0.2) is 0 Å². The average Bonchev–Trinajstić information content (AvgIpc) is 2.39. The average molecular weight is 255 g/mol. The van der Waals surface area contributed by atoms with E-state index in [1.165, 1.54) is 12.1 Å². The number of Topliss-reactive ketones (excluding diaryl/α,β-unsaturated/α-hetero) is 1. The summed E-state index contributed by atoms with van der Waals surface area (Å²) in [6.45, 7) is 1.56. The molecule has 0 bridgehead atoms. The van der Waals surface area contributed by atoms with E-state index in [0.29, 0.717) is 6.42 Å². The van der Waals surface area contributed by atoms with Crippen molar-refractivity contribution in [2.45, 2.75) is 13.3 Å². The molecule has 19 heavy (non-hydrogen) atoms. The second-order valence-electron chi connectivity index (χ2n) is 4.38. The lowest BCUT2D eigenvalue weighted by Gasteiger charge is -2.03. The number of carbonyl (C=O) groups is 1. The largest absolute Gasteiger partial charge is 0.300 e. The van der Waals surface area contributed by atoms with E-state index in [4.69, 9.17) is 0 Å². The van der Waals surface area contributed by atoms with Crippen molar-refractivity contribution in [3.63, 3.8) is 0 Å². The smallest absolute Gasteiger partial charge is 0.269 e. The van der Waals surface area contributed by atoms with Gasteiger partial charge in [-0.3, -0.25) is 14.9 Å². The first-order valence-corrected chi connectivity index (χ1v) is 5.89. The molecule has 0 aliphatic rings. The van der Waals surface area contributed by atoms with Crippen molar-refractivity contribution in [2.75, 3.05) is 0 Å². The molecule has 2 rings (SSSR count). The molecule has 0 atom stereocenters. The van der Waals surface area contributed by atoms with Crippen molar-refractivity contribution in [3.8, 4) is 11.1 Å². The van der Waals surface area contributed by atoms with Gasteiger partial charge in [0.25, 0.3) is 5.69 Å². The first-order valence-electron chi connectivity index (χ1n) is 5.89. The van der Waals surface area contributed by atoms with E-state index in [9.17, 15) is 14.9 Å². The highest BCUT2D eigenvalue weighted by Crippen LogP contribution is 2.22. The van der Waals surface area contributed by atoms with Crippen molar-refractivity contribution in [3.05, 3.63) is 64.2 Å². The van der Waals surface area contributed by atoms with Crippen molar-refractivity contribution < 1.29 is 9.72 Å². The van der Waals surface area contributed by atoms with E-state index in [2.05, 4.69) is 0 Å². The highest BCUT2D eigenvalue weighted by atomic mass is 16.6. The molecule has 0 saturated carbocycles. The van der Waals surface area contributed by atoms with E-state index in [1.54, 1.807) is 19.1 Å². The first kappa shape index (κ1) is 13.0. The number of rotatable bonds is 4. The minimum Gasteiger partial charge on any atom is -0.300 e. The Morgan fingerprint density at radius 1 is 1.00 bits per heavy atom. The third-order valence-electron chi connectivity index (χ3n) is 2.82. The van der Waals surface area contributed by atoms with E-state index >= 15 is 0 Å². The normalized spacial score (nSPS) is 10.2. The minimum absolute atomic E-state index is 0.0805. The van der Waals surface area contributed by atoms with E-state index in [0.717, 1.165) is 16.7 Å². The van der Waals surface area contributed by atoms with Gasteiger partial charge < -0.3 is 0 Å². The number of hydrogen-bond donors (Lipinski definition) is 0. The Morgan fingerprint density at radius 3 is 1.89 bits per heavy atom. The molecule has 2 aromatic carbocycles. The summed E-state index contributed by atoms with van der Waals surface area (Å²) in [6, 6.07) is 14.0. The zero-order valence-electron chi connectivity index (χ0n) is 10.5. The van der Waals surface area contributed by atoms with Crippen molar-refractivity contribution in [1.82, 2.24) is 0 Å². The number of carbonyl (C=O) groups excluding carboxylic acids is 1. The number of nitro benzene ring substituents is 1. The predicted molar refractivity (Wildman–Crippen MR) is 72.9 cm³/mol. The summed E-state index contributed by atoms with van der Waals surface area (Å²) in [5, 5.41) is 10.6. The maximum atomic E-state index is 11.0. The number of nitrogens with zero attached hydrogens (tertiary/aromatic N) is 1. The van der Waals surface area contributed by atoms with E-state index < -0.39 is 4.92 Å². The molecule has 0 radical (unpaired) electrons. The summed E-state index contributed by atoms with van der Waals surface area (Å²) in [4.78, 5) is 21.2. The van der Waals surface area contributed by atoms with Gasteiger partial charge in [-0.1, -0.05) is 24.3 Å². The van der Waals surface area contributed by atoms with Crippen molar-refractivity contribution >= 4 is 11.5 Å². The van der Waals surface area contributed by atoms with Gasteiger partial charge in [-0.15, -0.1) is 0 Å². The molecule has 0 fully saturated rings. The van der Waals surface area contributed by atoms with Crippen LogP contribution in [0, 0.1) is 10.1 Å². The molecule has 0 unspecified atom stereocenters. The third kappa shape index (κ3) is 3.25. The number of nitro groups is 1. The fraction of sp³-hybridized carbons (Fsp3) is 0.133. The van der Waals surface area contributed by atoms with Crippen LogP contribution < -0.4 is 0 Å². The standard InChI is InChI=1S/C15H13NO3/c1-11(17)10-12-2-4-13(5-3-12)14-6-8-15(9-7-14)16(18)19/h2-9H,10H2,1H3. The quantitative estimate of drug-likeness (QED) is 0.621. The molecule has 96 valence electrons. The summed E-state index contributed by atoms with van der Waals surface area (Å²) in [7, 11) is 0. The van der Waals surface area contributed by atoms with Gasteiger partial charge >= 0.3 is 0 Å². The zero-order valence-corrected chi connectivity index (χ0v) is 10.5. The van der Waals surface area contributed by atoms with Crippen LogP contribution in [0.2, 0.25) is 0 Å². The molecule has 0 heterocycles. The summed E-state index contributed by atoms with van der Waals surface area (Å²) in [5.74, 6) is 0.128. The lowest BCUT2D eigenvalue weighted by atomic mass is 10.0. The third-order valence-corrected chi connectivity index (χ3v) is 2.82. The van der Waals surface area contributed by atoms with Gasteiger partial charge in [-0.05, 0) is 35.7 Å². The lowest BCUT2D eigenvalue weighted by Crippen LogP contribution is -1.95. The molecule has 2 aromatic rings. The number of hydrogen-bond acceptors (Lipinski definition) is 3. The molecule has 0 N–H and O–H groups in total. The molecule has 4 heteroatoms. The fourth-order valence-electron chi connectivity index (χ4n) is 1.88. The van der Waals surface area contributed by atoms with Crippen LogP contribution in [0.15, 0.2) is 48.5 Å². The minimum atomic E-state index is -0.417. The molecular formula is C15H13NO3. The second-order valence-corrected chi connectivity index (χ2v) is 4.38. The Morgan fingerprint density at radius 2 is 1.47 bits per heavy atom. The monoisotopic (exact) mass is 255 g/mol. The Hall–Kier alpha value is -2.49. The fourth-order valence-corrected chi connectivity index (χ4v) is 1.88. The van der Waals surface area contributed by atoms with Gasteiger partial charge in [-0.2, -0.15) is 0 Å². The van der Waals surface area contributed by atoms with Gasteiger partial charge in [0, 0.05) is 18.6 Å². The Bertz CT molecular complexity index is 600. The van der Waals surface area contributed by atoms with Crippen molar-refractivity contribution in [2.24, 2.45) is 0 Å². The summed E-state index contributed by atoms with van der Waals surface area (Å²) in [6.07, 6.45) is 0.431. The SMILES string of the molecule is CC(=O)Cc1ccc(-c2ccc([N+](=O)[O-])cc2)cc1. The number of benzene rings is 2. The number of ketones is 1. The summed E-state index contributed by atoms with van der Waals surface area (Å²) in [5.41, 5.74) is 2.94. The summed E-state index contributed by atoms with van der Waals surface area (Å²) >= 11 is 0. The van der Waals surface area contributed by atoms with Crippen molar-refractivity contribution in [1.29, 1.82) is 0 Å². The molecular weight excluding hydrogens is 242 g/mol. The summed E-state index contributed by atoms with van der Waals surface area (Å²) < 4.78 is 0.